The van der Waals surface area contributed by atoms with E-state index in [2.05, 4.69) is 21.1 Å². The number of hydrogen-bond acceptors (Lipinski definition) is 10. The summed E-state index contributed by atoms with van der Waals surface area (Å²) in [5, 5.41) is 7.91. The van der Waals surface area contributed by atoms with Crippen molar-refractivity contribution in [3.63, 3.8) is 0 Å². The molecule has 0 unspecified atom stereocenters. The zero-order valence-electron chi connectivity index (χ0n) is 24.8. The van der Waals surface area contributed by atoms with Crippen LogP contribution in [0.4, 0.5) is 0 Å². The minimum Gasteiger partial charge on any atom is -0.497 e. The number of hydrogen-bond donors (Lipinski definition) is 2. The summed E-state index contributed by atoms with van der Waals surface area (Å²) in [6.07, 6.45) is 2.84. The zero-order chi connectivity index (χ0) is 32.4. The lowest BCUT2D eigenvalue weighted by Crippen LogP contribution is -2.18. The van der Waals surface area contributed by atoms with E-state index in [0.29, 0.717) is 34.1 Å². The lowest BCUT2D eigenvalue weighted by Gasteiger charge is -2.08. The quantitative estimate of drug-likeness (QED) is 0.175. The van der Waals surface area contributed by atoms with E-state index in [0.717, 1.165) is 0 Å². The number of hydrazone groups is 2. The molecule has 0 aliphatic rings. The molecule has 45 heavy (non-hydrogen) atoms. The van der Waals surface area contributed by atoms with Crippen molar-refractivity contribution in [1.82, 2.24) is 10.9 Å². The Bertz CT molecular complexity index is 1710. The minimum atomic E-state index is -3.93. The molecule has 4 aromatic carbocycles. The van der Waals surface area contributed by atoms with Gasteiger partial charge in [0.2, 0.25) is 9.84 Å². The van der Waals surface area contributed by atoms with E-state index >= 15 is 0 Å². The molecule has 0 bridgehead atoms. The van der Waals surface area contributed by atoms with Gasteiger partial charge in [0, 0.05) is 34.4 Å². The topological polar surface area (TPSA) is 154 Å². The van der Waals surface area contributed by atoms with Gasteiger partial charge in [-0.2, -0.15) is 10.2 Å². The zero-order valence-corrected chi connectivity index (χ0v) is 25.6. The molecule has 2 N–H and O–H groups in total. The van der Waals surface area contributed by atoms with Crippen LogP contribution in [0.5, 0.6) is 23.0 Å². The number of carbonyl (C=O) groups is 2. The van der Waals surface area contributed by atoms with Crippen LogP contribution in [0.3, 0.4) is 0 Å². The Kier molecular flexibility index (Phi) is 10.5. The van der Waals surface area contributed by atoms with Gasteiger partial charge in [-0.3, -0.25) is 9.59 Å². The summed E-state index contributed by atoms with van der Waals surface area (Å²) in [4.78, 5) is 25.0. The van der Waals surface area contributed by atoms with Crippen molar-refractivity contribution in [3.8, 4) is 23.0 Å². The van der Waals surface area contributed by atoms with Crippen LogP contribution in [0.2, 0.25) is 0 Å². The van der Waals surface area contributed by atoms with Gasteiger partial charge < -0.3 is 18.9 Å². The first-order valence-electron chi connectivity index (χ1n) is 13.3. The fourth-order valence-electron chi connectivity index (χ4n) is 4.01. The molecule has 0 saturated heterocycles. The molecule has 0 spiro atoms. The molecule has 12 nitrogen and oxygen atoms in total. The molecule has 0 atom stereocenters. The molecule has 0 aliphatic carbocycles. The number of ether oxygens (including phenoxy) is 4. The Morgan fingerprint density at radius 1 is 0.578 bits per heavy atom. The maximum atomic E-state index is 13.2. The molecule has 232 valence electrons. The van der Waals surface area contributed by atoms with E-state index < -0.39 is 21.7 Å². The number of sulfone groups is 1. The first kappa shape index (κ1) is 32.2. The number of carbonyl (C=O) groups excluding carboxylic acids is 2. The molecule has 2 amide bonds. The largest absolute Gasteiger partial charge is 0.497 e. The first-order chi connectivity index (χ1) is 21.7. The molecule has 0 heterocycles. The van der Waals surface area contributed by atoms with Crippen LogP contribution in [0.1, 0.15) is 31.8 Å². The predicted octanol–water partition coefficient (Wildman–Crippen LogP) is 4.08. The maximum absolute atomic E-state index is 13.2. The molecular formula is C32H30N4O8S. The predicted molar refractivity (Wildman–Crippen MR) is 168 cm³/mol. The van der Waals surface area contributed by atoms with E-state index in [-0.39, 0.29) is 20.9 Å². The average Bonchev–Trinajstić information content (AvgIpc) is 3.08. The second-order valence-corrected chi connectivity index (χ2v) is 11.1. The lowest BCUT2D eigenvalue weighted by molar-refractivity contribution is 0.0947. The van der Waals surface area contributed by atoms with E-state index in [1.54, 1.807) is 36.4 Å². The van der Waals surface area contributed by atoms with Gasteiger partial charge in [0.05, 0.1) is 50.7 Å². The number of nitrogens with one attached hydrogen (secondary N) is 2. The van der Waals surface area contributed by atoms with Gasteiger partial charge in [-0.05, 0) is 72.8 Å². The fourth-order valence-corrected chi connectivity index (χ4v) is 5.27. The lowest BCUT2D eigenvalue weighted by atomic mass is 10.2. The minimum absolute atomic E-state index is 0.0271. The first-order valence-corrected chi connectivity index (χ1v) is 14.7. The Hall–Kier alpha value is -5.69. The van der Waals surface area contributed by atoms with Gasteiger partial charge in [-0.15, -0.1) is 0 Å². The summed E-state index contributed by atoms with van der Waals surface area (Å²) in [7, 11) is 2.16. The molecular weight excluding hydrogens is 600 g/mol. The number of nitrogens with zero attached hydrogens (tertiary/aromatic N) is 2. The van der Waals surface area contributed by atoms with Crippen LogP contribution < -0.4 is 29.8 Å². The van der Waals surface area contributed by atoms with E-state index in [4.69, 9.17) is 18.9 Å². The molecule has 4 aromatic rings. The Morgan fingerprint density at radius 3 is 1.29 bits per heavy atom. The van der Waals surface area contributed by atoms with Gasteiger partial charge in [-0.1, -0.05) is 0 Å². The van der Waals surface area contributed by atoms with Crippen molar-refractivity contribution in [3.05, 3.63) is 107 Å². The van der Waals surface area contributed by atoms with Crippen molar-refractivity contribution in [2.75, 3.05) is 28.4 Å². The third kappa shape index (κ3) is 7.83. The highest BCUT2D eigenvalue weighted by Gasteiger charge is 2.19. The highest BCUT2D eigenvalue weighted by Crippen LogP contribution is 2.25. The molecule has 13 heteroatoms. The molecule has 0 radical (unpaired) electrons. The molecule has 0 aliphatic heterocycles. The number of rotatable bonds is 12. The standard InChI is InChI=1S/C32H30N4O8S/c1-41-25-11-5-23(29(17-25)43-3)19-33-35-31(37)21-7-13-27(14-8-21)45(39,40)28-15-9-22(10-16-28)32(38)36-34-20-24-6-12-26(42-2)18-30(24)44-4/h5-20H,1-4H3,(H,35,37)(H,36,38)/b33-19+,34-20+. The van der Waals surface area contributed by atoms with E-state index in [1.165, 1.54) is 89.4 Å². The fraction of sp³-hybridized carbons (Fsp3) is 0.125. The van der Waals surface area contributed by atoms with Crippen molar-refractivity contribution in [2.45, 2.75) is 9.79 Å². The maximum Gasteiger partial charge on any atom is 0.271 e. The molecule has 0 fully saturated rings. The highest BCUT2D eigenvalue weighted by molar-refractivity contribution is 7.91. The summed E-state index contributed by atoms with van der Waals surface area (Å²) in [6, 6.07) is 21.1. The van der Waals surface area contributed by atoms with Gasteiger partial charge in [0.25, 0.3) is 11.8 Å². The highest BCUT2D eigenvalue weighted by atomic mass is 32.2. The monoisotopic (exact) mass is 630 g/mol. The van der Waals surface area contributed by atoms with Crippen LogP contribution in [-0.2, 0) is 9.84 Å². The van der Waals surface area contributed by atoms with Crippen molar-refractivity contribution in [2.24, 2.45) is 10.2 Å². The van der Waals surface area contributed by atoms with Crippen LogP contribution in [-0.4, -0.2) is 61.1 Å². The summed E-state index contributed by atoms with van der Waals surface area (Å²) >= 11 is 0. The summed E-state index contributed by atoms with van der Waals surface area (Å²) in [5.74, 6) is 1.16. The second kappa shape index (κ2) is 14.7. The van der Waals surface area contributed by atoms with Crippen LogP contribution in [0.15, 0.2) is 105 Å². The number of methoxy groups -OCH3 is 4. The summed E-state index contributed by atoms with van der Waals surface area (Å²) in [5.41, 5.74) is 6.44. The normalized spacial score (nSPS) is 11.3. The van der Waals surface area contributed by atoms with Crippen LogP contribution in [0.25, 0.3) is 0 Å². The summed E-state index contributed by atoms with van der Waals surface area (Å²) < 4.78 is 47.3. The number of benzene rings is 4. The van der Waals surface area contributed by atoms with Crippen LogP contribution in [0, 0.1) is 0 Å². The third-order valence-corrected chi connectivity index (χ3v) is 8.26. The Labute approximate surface area is 260 Å². The summed E-state index contributed by atoms with van der Waals surface area (Å²) in [6.45, 7) is 0. The van der Waals surface area contributed by atoms with Gasteiger partial charge in [0.15, 0.2) is 0 Å². The SMILES string of the molecule is COc1ccc(/C=N/NC(=O)c2ccc(S(=O)(=O)c3ccc(C(=O)N/N=C/c4ccc(OC)cc4OC)cc3)cc2)c(OC)c1. The van der Waals surface area contributed by atoms with Gasteiger partial charge >= 0.3 is 0 Å². The van der Waals surface area contributed by atoms with Crippen molar-refractivity contribution < 1.29 is 37.0 Å². The molecule has 4 rings (SSSR count). The Balaban J connectivity index is 1.37. The third-order valence-electron chi connectivity index (χ3n) is 6.47. The van der Waals surface area contributed by atoms with E-state index in [9.17, 15) is 18.0 Å². The van der Waals surface area contributed by atoms with Crippen molar-refractivity contribution in [1.29, 1.82) is 0 Å². The van der Waals surface area contributed by atoms with Gasteiger partial charge in [0.1, 0.15) is 23.0 Å². The van der Waals surface area contributed by atoms with Gasteiger partial charge in [-0.25, -0.2) is 19.3 Å². The van der Waals surface area contributed by atoms with Crippen molar-refractivity contribution >= 4 is 34.1 Å². The average molecular weight is 631 g/mol. The second-order valence-electron chi connectivity index (χ2n) is 9.17. The smallest absolute Gasteiger partial charge is 0.271 e. The molecule has 0 aromatic heterocycles. The molecule has 0 saturated carbocycles. The van der Waals surface area contributed by atoms with E-state index in [1.807, 2.05) is 0 Å². The van der Waals surface area contributed by atoms with Crippen LogP contribution >= 0.6 is 0 Å². The Morgan fingerprint density at radius 2 is 0.956 bits per heavy atom. The number of amides is 2.